The molecule has 0 heterocycles. The highest BCUT2D eigenvalue weighted by Gasteiger charge is 2.27. The van der Waals surface area contributed by atoms with Crippen LogP contribution in [0.1, 0.15) is 36.8 Å². The Morgan fingerprint density at radius 3 is 2.00 bits per heavy atom. The minimum atomic E-state index is -3.60. The van der Waals surface area contributed by atoms with E-state index in [2.05, 4.69) is 10.0 Å². The van der Waals surface area contributed by atoms with Crippen LogP contribution >= 0.6 is 0 Å². The number of aryl methyl sites for hydroxylation is 2. The normalized spacial score (nSPS) is 23.2. The van der Waals surface area contributed by atoms with Crippen LogP contribution in [0.25, 0.3) is 0 Å². The number of hydrogen-bond donors (Lipinski definition) is 2. The summed E-state index contributed by atoms with van der Waals surface area (Å²) in [5.41, 5.74) is 0.896. The maximum atomic E-state index is 13.3. The Kier molecular flexibility index (Phi) is 5.01. The van der Waals surface area contributed by atoms with Crippen molar-refractivity contribution in [2.75, 3.05) is 7.05 Å². The molecule has 0 saturated heterocycles. The fraction of sp³-hybridized carbons (Fsp3) is 0.600. The summed E-state index contributed by atoms with van der Waals surface area (Å²) in [6.07, 6.45) is 3.57. The molecule has 21 heavy (non-hydrogen) atoms. The van der Waals surface area contributed by atoms with Crippen molar-refractivity contribution < 1.29 is 12.8 Å². The molecular weight excluding hydrogens is 291 g/mol. The van der Waals surface area contributed by atoms with Gasteiger partial charge >= 0.3 is 0 Å². The monoisotopic (exact) mass is 314 g/mol. The second kappa shape index (κ2) is 6.42. The van der Waals surface area contributed by atoms with Gasteiger partial charge in [0.05, 0.1) is 4.90 Å². The molecule has 0 aliphatic heterocycles. The van der Waals surface area contributed by atoms with Crippen molar-refractivity contribution in [1.82, 2.24) is 10.0 Å². The van der Waals surface area contributed by atoms with Gasteiger partial charge in [0.25, 0.3) is 0 Å². The Labute approximate surface area is 126 Å². The highest BCUT2D eigenvalue weighted by Crippen LogP contribution is 2.24. The fourth-order valence-electron chi connectivity index (χ4n) is 3.10. The van der Waals surface area contributed by atoms with Crippen LogP contribution in [0.5, 0.6) is 0 Å². The molecule has 6 heteroatoms. The van der Waals surface area contributed by atoms with Gasteiger partial charge < -0.3 is 5.32 Å². The SMILES string of the molecule is CNC1CCC(NS(=O)(=O)c2c(C)cc(F)cc2C)CC1. The zero-order valence-electron chi connectivity index (χ0n) is 12.7. The van der Waals surface area contributed by atoms with Gasteiger partial charge in [-0.2, -0.15) is 0 Å². The summed E-state index contributed by atoms with van der Waals surface area (Å²) in [4.78, 5) is 0.208. The standard InChI is InChI=1S/C15H23FN2O2S/c1-10-8-12(16)9-11(2)15(10)21(19,20)18-14-6-4-13(17-3)5-7-14/h8-9,13-14,17-18H,4-7H2,1-3H3. The summed E-state index contributed by atoms with van der Waals surface area (Å²) < 4.78 is 41.2. The second-order valence-corrected chi connectivity index (χ2v) is 7.48. The molecule has 0 bridgehead atoms. The molecule has 1 aliphatic carbocycles. The van der Waals surface area contributed by atoms with Crippen LogP contribution in [-0.4, -0.2) is 27.5 Å². The molecule has 2 N–H and O–H groups in total. The van der Waals surface area contributed by atoms with Crippen LogP contribution in [0.3, 0.4) is 0 Å². The molecule has 0 unspecified atom stereocenters. The maximum absolute atomic E-state index is 13.3. The zero-order valence-corrected chi connectivity index (χ0v) is 13.6. The Balaban J connectivity index is 2.16. The van der Waals surface area contributed by atoms with E-state index in [4.69, 9.17) is 0 Å². The zero-order chi connectivity index (χ0) is 15.6. The van der Waals surface area contributed by atoms with E-state index in [9.17, 15) is 12.8 Å². The molecule has 1 aromatic carbocycles. The lowest BCUT2D eigenvalue weighted by molar-refractivity contribution is 0.342. The van der Waals surface area contributed by atoms with Crippen molar-refractivity contribution in [2.45, 2.75) is 56.5 Å². The summed E-state index contributed by atoms with van der Waals surface area (Å²) >= 11 is 0. The number of halogens is 1. The molecule has 1 fully saturated rings. The maximum Gasteiger partial charge on any atom is 0.241 e. The summed E-state index contributed by atoms with van der Waals surface area (Å²) in [5.74, 6) is -0.404. The van der Waals surface area contributed by atoms with Gasteiger partial charge in [-0.3, -0.25) is 0 Å². The molecule has 0 amide bonds. The summed E-state index contributed by atoms with van der Waals surface area (Å²) in [5, 5.41) is 3.22. The molecular formula is C15H23FN2O2S. The van der Waals surface area contributed by atoms with Crippen molar-refractivity contribution in [3.05, 3.63) is 29.1 Å². The van der Waals surface area contributed by atoms with Crippen LogP contribution in [0, 0.1) is 19.7 Å². The van der Waals surface area contributed by atoms with Crippen molar-refractivity contribution in [3.63, 3.8) is 0 Å². The van der Waals surface area contributed by atoms with Gasteiger partial charge in [-0.15, -0.1) is 0 Å². The highest BCUT2D eigenvalue weighted by molar-refractivity contribution is 7.89. The first-order chi connectivity index (χ1) is 9.83. The molecule has 1 aliphatic rings. The molecule has 0 radical (unpaired) electrons. The van der Waals surface area contributed by atoms with Crippen molar-refractivity contribution in [2.24, 2.45) is 0 Å². The summed E-state index contributed by atoms with van der Waals surface area (Å²) in [6.45, 7) is 3.26. The van der Waals surface area contributed by atoms with Crippen molar-refractivity contribution in [1.29, 1.82) is 0 Å². The fourth-order valence-corrected chi connectivity index (χ4v) is 4.86. The van der Waals surface area contributed by atoms with Crippen LogP contribution in [0.2, 0.25) is 0 Å². The van der Waals surface area contributed by atoms with Crippen LogP contribution in [0.4, 0.5) is 4.39 Å². The lowest BCUT2D eigenvalue weighted by Crippen LogP contribution is -2.41. The average molecular weight is 314 g/mol. The number of hydrogen-bond acceptors (Lipinski definition) is 3. The molecule has 0 spiro atoms. The van der Waals surface area contributed by atoms with Gasteiger partial charge in [-0.25, -0.2) is 17.5 Å². The van der Waals surface area contributed by atoms with Gasteiger partial charge in [0, 0.05) is 12.1 Å². The van der Waals surface area contributed by atoms with Crippen LogP contribution in [-0.2, 0) is 10.0 Å². The molecule has 2 rings (SSSR count). The predicted octanol–water partition coefficient (Wildman–Crippen LogP) is 2.25. The van der Waals surface area contributed by atoms with Gasteiger partial charge in [0.1, 0.15) is 5.82 Å². The Morgan fingerprint density at radius 2 is 1.52 bits per heavy atom. The lowest BCUT2D eigenvalue weighted by atomic mass is 9.92. The van der Waals surface area contributed by atoms with Crippen LogP contribution < -0.4 is 10.0 Å². The first-order valence-electron chi connectivity index (χ1n) is 7.30. The molecule has 0 atom stereocenters. The van der Waals surface area contributed by atoms with E-state index in [0.717, 1.165) is 25.7 Å². The largest absolute Gasteiger partial charge is 0.317 e. The quantitative estimate of drug-likeness (QED) is 0.896. The molecule has 4 nitrogen and oxygen atoms in total. The van der Waals surface area contributed by atoms with E-state index in [1.165, 1.54) is 12.1 Å². The molecule has 1 saturated carbocycles. The Morgan fingerprint density at radius 1 is 1.05 bits per heavy atom. The minimum Gasteiger partial charge on any atom is -0.317 e. The van der Waals surface area contributed by atoms with Crippen LogP contribution in [0.15, 0.2) is 17.0 Å². The van der Waals surface area contributed by atoms with E-state index in [1.807, 2.05) is 7.05 Å². The first-order valence-corrected chi connectivity index (χ1v) is 8.78. The summed E-state index contributed by atoms with van der Waals surface area (Å²) in [6, 6.07) is 2.96. The predicted molar refractivity (Wildman–Crippen MR) is 81.3 cm³/mol. The average Bonchev–Trinajstić information content (AvgIpc) is 2.37. The second-order valence-electron chi connectivity index (χ2n) is 5.83. The van der Waals surface area contributed by atoms with E-state index in [0.29, 0.717) is 17.2 Å². The highest BCUT2D eigenvalue weighted by atomic mass is 32.2. The topological polar surface area (TPSA) is 58.2 Å². The number of benzene rings is 1. The Hall–Kier alpha value is -0.980. The van der Waals surface area contributed by atoms with Gasteiger partial charge in [0.2, 0.25) is 10.0 Å². The lowest BCUT2D eigenvalue weighted by Gasteiger charge is -2.29. The van der Waals surface area contributed by atoms with E-state index < -0.39 is 15.8 Å². The van der Waals surface area contributed by atoms with Gasteiger partial charge in [0.15, 0.2) is 0 Å². The Bertz CT molecular complexity index is 585. The number of rotatable bonds is 4. The smallest absolute Gasteiger partial charge is 0.241 e. The molecule has 1 aromatic rings. The third-order valence-corrected chi connectivity index (χ3v) is 5.98. The van der Waals surface area contributed by atoms with Crippen molar-refractivity contribution in [3.8, 4) is 0 Å². The molecule has 0 aromatic heterocycles. The van der Waals surface area contributed by atoms with Gasteiger partial charge in [-0.1, -0.05) is 0 Å². The van der Waals surface area contributed by atoms with Crippen molar-refractivity contribution >= 4 is 10.0 Å². The number of sulfonamides is 1. The minimum absolute atomic E-state index is 0.0385. The van der Waals surface area contributed by atoms with E-state index in [1.54, 1.807) is 13.8 Å². The van der Waals surface area contributed by atoms with E-state index >= 15 is 0 Å². The third-order valence-electron chi connectivity index (χ3n) is 4.15. The summed E-state index contributed by atoms with van der Waals surface area (Å²) in [7, 11) is -1.67. The van der Waals surface area contributed by atoms with E-state index in [-0.39, 0.29) is 10.9 Å². The number of nitrogens with one attached hydrogen (secondary N) is 2. The third kappa shape index (κ3) is 3.81. The first kappa shape index (κ1) is 16.4. The van der Waals surface area contributed by atoms with Gasteiger partial charge in [-0.05, 0) is 69.8 Å². The molecule has 118 valence electrons.